The lowest BCUT2D eigenvalue weighted by Gasteiger charge is -2.07. The summed E-state index contributed by atoms with van der Waals surface area (Å²) >= 11 is 1.28. The van der Waals surface area contributed by atoms with Gasteiger partial charge in [0, 0.05) is 6.54 Å². The third-order valence-electron chi connectivity index (χ3n) is 1.15. The van der Waals surface area contributed by atoms with Crippen LogP contribution in [0.5, 0.6) is 0 Å². The summed E-state index contributed by atoms with van der Waals surface area (Å²) in [6.45, 7) is -0.949. The molecule has 1 aromatic rings. The van der Waals surface area contributed by atoms with Crippen molar-refractivity contribution >= 4 is 16.5 Å². The maximum absolute atomic E-state index is 11.6. The molecule has 0 saturated heterocycles. The zero-order valence-electron chi connectivity index (χ0n) is 7.04. The summed E-state index contributed by atoms with van der Waals surface area (Å²) in [7, 11) is 0. The van der Waals surface area contributed by atoms with Gasteiger partial charge >= 0.3 is 6.18 Å². The van der Waals surface area contributed by atoms with Gasteiger partial charge in [-0.2, -0.15) is 13.2 Å². The largest absolute Gasteiger partial charge is 0.411 e. The van der Waals surface area contributed by atoms with E-state index in [0.29, 0.717) is 5.13 Å². The molecule has 1 heterocycles. The van der Waals surface area contributed by atoms with E-state index < -0.39 is 12.8 Å². The molecule has 0 aromatic carbocycles. The molecule has 0 bridgehead atoms. The second-order valence-corrected chi connectivity index (χ2v) is 3.17. The monoisotopic (exact) mass is 227 g/mol. The standard InChI is InChI=1S/C6H8F3N3OS/c7-6(8,9)3-13-2-1-10-5-12-11-4-14-5/h4H,1-3H2,(H,10,12). The summed E-state index contributed by atoms with van der Waals surface area (Å²) < 4.78 is 39.1. The predicted octanol–water partition coefficient (Wildman–Crippen LogP) is 1.53. The van der Waals surface area contributed by atoms with Crippen molar-refractivity contribution < 1.29 is 17.9 Å². The average molecular weight is 227 g/mol. The quantitative estimate of drug-likeness (QED) is 0.775. The lowest BCUT2D eigenvalue weighted by Crippen LogP contribution is -2.20. The highest BCUT2D eigenvalue weighted by Crippen LogP contribution is 2.14. The van der Waals surface area contributed by atoms with Gasteiger partial charge in [-0.3, -0.25) is 0 Å². The topological polar surface area (TPSA) is 47.0 Å². The van der Waals surface area contributed by atoms with E-state index in [1.165, 1.54) is 16.8 Å². The van der Waals surface area contributed by atoms with E-state index in [-0.39, 0.29) is 13.2 Å². The number of halogens is 3. The molecule has 0 spiro atoms. The zero-order valence-corrected chi connectivity index (χ0v) is 7.86. The van der Waals surface area contributed by atoms with Crippen LogP contribution in [0.3, 0.4) is 0 Å². The molecule has 0 radical (unpaired) electrons. The Hall–Kier alpha value is -0.890. The Bertz CT molecular complexity index is 251. The Morgan fingerprint density at radius 1 is 1.50 bits per heavy atom. The third kappa shape index (κ3) is 4.97. The van der Waals surface area contributed by atoms with Gasteiger partial charge in [0.1, 0.15) is 12.1 Å². The molecule has 0 aliphatic rings. The van der Waals surface area contributed by atoms with Crippen molar-refractivity contribution in [3.8, 4) is 0 Å². The van der Waals surface area contributed by atoms with Gasteiger partial charge in [0.05, 0.1) is 6.61 Å². The predicted molar refractivity (Wildman–Crippen MR) is 45.3 cm³/mol. The van der Waals surface area contributed by atoms with Gasteiger partial charge in [0.2, 0.25) is 5.13 Å². The molecular formula is C6H8F3N3OS. The number of anilines is 1. The lowest BCUT2D eigenvalue weighted by molar-refractivity contribution is -0.172. The summed E-state index contributed by atoms with van der Waals surface area (Å²) in [6.07, 6.45) is -4.26. The van der Waals surface area contributed by atoms with E-state index >= 15 is 0 Å². The van der Waals surface area contributed by atoms with Crippen LogP contribution in [0.4, 0.5) is 18.3 Å². The molecule has 0 aliphatic heterocycles. The summed E-state index contributed by atoms with van der Waals surface area (Å²) in [5.41, 5.74) is 1.53. The normalized spacial score (nSPS) is 11.6. The number of nitrogens with zero attached hydrogens (tertiary/aromatic N) is 2. The molecule has 0 atom stereocenters. The van der Waals surface area contributed by atoms with E-state index in [1.807, 2.05) is 0 Å². The Morgan fingerprint density at radius 3 is 2.86 bits per heavy atom. The lowest BCUT2D eigenvalue weighted by atomic mass is 10.6. The van der Waals surface area contributed by atoms with Crippen molar-refractivity contribution in [2.75, 3.05) is 25.1 Å². The highest BCUT2D eigenvalue weighted by molar-refractivity contribution is 7.13. The minimum Gasteiger partial charge on any atom is -0.370 e. The maximum atomic E-state index is 11.6. The van der Waals surface area contributed by atoms with Gasteiger partial charge in [-0.15, -0.1) is 10.2 Å². The van der Waals surface area contributed by atoms with Crippen molar-refractivity contribution in [3.05, 3.63) is 5.51 Å². The van der Waals surface area contributed by atoms with Crippen molar-refractivity contribution in [2.45, 2.75) is 6.18 Å². The fraction of sp³-hybridized carbons (Fsp3) is 0.667. The molecule has 8 heteroatoms. The van der Waals surface area contributed by atoms with Crippen LogP contribution in [-0.4, -0.2) is 36.1 Å². The highest BCUT2D eigenvalue weighted by atomic mass is 32.1. The van der Waals surface area contributed by atoms with Crippen LogP contribution in [0.2, 0.25) is 0 Å². The van der Waals surface area contributed by atoms with Crippen molar-refractivity contribution in [1.29, 1.82) is 0 Å². The molecule has 0 saturated carbocycles. The third-order valence-corrected chi connectivity index (χ3v) is 1.80. The number of nitrogens with one attached hydrogen (secondary N) is 1. The molecule has 0 fully saturated rings. The Balaban J connectivity index is 2.00. The van der Waals surface area contributed by atoms with Crippen LogP contribution in [-0.2, 0) is 4.74 Å². The summed E-state index contributed by atoms with van der Waals surface area (Å²) in [5.74, 6) is 0. The summed E-state index contributed by atoms with van der Waals surface area (Å²) in [6, 6.07) is 0. The highest BCUT2D eigenvalue weighted by Gasteiger charge is 2.27. The second kappa shape index (κ2) is 5.11. The van der Waals surface area contributed by atoms with Gasteiger partial charge in [-0.1, -0.05) is 11.3 Å². The molecule has 0 unspecified atom stereocenters. The van der Waals surface area contributed by atoms with Crippen LogP contribution >= 0.6 is 11.3 Å². The first kappa shape index (κ1) is 11.2. The maximum Gasteiger partial charge on any atom is 0.411 e. The minimum atomic E-state index is -4.26. The van der Waals surface area contributed by atoms with Crippen molar-refractivity contribution in [1.82, 2.24) is 10.2 Å². The molecule has 14 heavy (non-hydrogen) atoms. The number of ether oxygens (including phenoxy) is 1. The molecule has 0 aliphatic carbocycles. The number of hydrogen-bond donors (Lipinski definition) is 1. The SMILES string of the molecule is FC(F)(F)COCCNc1nncs1. The van der Waals surface area contributed by atoms with Gasteiger partial charge in [0.25, 0.3) is 0 Å². The van der Waals surface area contributed by atoms with Gasteiger partial charge in [-0.05, 0) is 0 Å². The molecule has 80 valence electrons. The molecule has 0 amide bonds. The Morgan fingerprint density at radius 2 is 2.29 bits per heavy atom. The second-order valence-electron chi connectivity index (χ2n) is 2.34. The number of hydrogen-bond acceptors (Lipinski definition) is 5. The molecule has 4 nitrogen and oxygen atoms in total. The van der Waals surface area contributed by atoms with E-state index in [2.05, 4.69) is 20.3 Å². The molecule has 1 rings (SSSR count). The first-order chi connectivity index (χ1) is 6.58. The van der Waals surface area contributed by atoms with Crippen molar-refractivity contribution in [3.63, 3.8) is 0 Å². The molecule has 1 aromatic heterocycles. The van der Waals surface area contributed by atoms with Crippen LogP contribution in [0.1, 0.15) is 0 Å². The Kier molecular flexibility index (Phi) is 4.08. The minimum absolute atomic E-state index is 0.0148. The van der Waals surface area contributed by atoms with Crippen LogP contribution in [0, 0.1) is 0 Å². The number of alkyl halides is 3. The van der Waals surface area contributed by atoms with Crippen LogP contribution in [0.25, 0.3) is 0 Å². The first-order valence-corrected chi connectivity index (χ1v) is 4.60. The number of rotatable bonds is 5. The summed E-state index contributed by atoms with van der Waals surface area (Å²) in [5, 5.41) is 10.5. The van der Waals surface area contributed by atoms with Crippen LogP contribution in [0.15, 0.2) is 5.51 Å². The smallest absolute Gasteiger partial charge is 0.370 e. The summed E-state index contributed by atoms with van der Waals surface area (Å²) in [4.78, 5) is 0. The van der Waals surface area contributed by atoms with Crippen LogP contribution < -0.4 is 5.32 Å². The fourth-order valence-corrected chi connectivity index (χ4v) is 1.14. The van der Waals surface area contributed by atoms with Crippen molar-refractivity contribution in [2.24, 2.45) is 0 Å². The van der Waals surface area contributed by atoms with E-state index in [1.54, 1.807) is 0 Å². The number of aromatic nitrogens is 2. The molecule has 1 N–H and O–H groups in total. The average Bonchev–Trinajstić information content (AvgIpc) is 2.54. The van der Waals surface area contributed by atoms with Gasteiger partial charge in [-0.25, -0.2) is 0 Å². The molecular weight excluding hydrogens is 219 g/mol. The first-order valence-electron chi connectivity index (χ1n) is 3.72. The fourth-order valence-electron chi connectivity index (χ4n) is 0.668. The zero-order chi connectivity index (χ0) is 10.4. The van der Waals surface area contributed by atoms with E-state index in [0.717, 1.165) is 0 Å². The van der Waals surface area contributed by atoms with Gasteiger partial charge < -0.3 is 10.1 Å². The van der Waals surface area contributed by atoms with E-state index in [4.69, 9.17) is 0 Å². The van der Waals surface area contributed by atoms with Gasteiger partial charge in [0.15, 0.2) is 0 Å². The Labute approximate surface area is 82.1 Å². The van der Waals surface area contributed by atoms with E-state index in [9.17, 15) is 13.2 Å².